The van der Waals surface area contributed by atoms with Crippen molar-refractivity contribution < 1.29 is 14.7 Å². The minimum atomic E-state index is -1.05. The van der Waals surface area contributed by atoms with E-state index in [2.05, 4.69) is 15.6 Å². The number of rotatable bonds is 7. The van der Waals surface area contributed by atoms with E-state index in [9.17, 15) is 14.4 Å². The molecule has 1 heterocycles. The van der Waals surface area contributed by atoms with Gasteiger partial charge in [-0.05, 0) is 6.42 Å². The number of H-pyrrole nitrogens is 1. The Labute approximate surface area is 114 Å². The Kier molecular flexibility index (Phi) is 6.07. The Hall–Kier alpha value is -1.83. The second-order valence-corrected chi connectivity index (χ2v) is 4.88. The molecule has 0 aliphatic rings. The maximum absolute atomic E-state index is 11.5. The van der Waals surface area contributed by atoms with Crippen LogP contribution in [0.25, 0.3) is 0 Å². The first-order valence-electron chi connectivity index (χ1n) is 5.96. The van der Waals surface area contributed by atoms with E-state index >= 15 is 0 Å². The van der Waals surface area contributed by atoms with Crippen LogP contribution in [-0.4, -0.2) is 28.1 Å². The minimum absolute atomic E-state index is 0.157. The molecule has 0 bridgehead atoms. The lowest BCUT2D eigenvalue weighted by Crippen LogP contribution is -2.45. The Balaban J connectivity index is 2.39. The van der Waals surface area contributed by atoms with Crippen LogP contribution in [-0.2, 0) is 11.3 Å². The van der Waals surface area contributed by atoms with Crippen molar-refractivity contribution in [2.75, 3.05) is 0 Å². The van der Waals surface area contributed by atoms with Gasteiger partial charge in [-0.25, -0.2) is 9.59 Å². The van der Waals surface area contributed by atoms with Crippen molar-refractivity contribution in [2.24, 2.45) is 0 Å². The van der Waals surface area contributed by atoms with Gasteiger partial charge in [-0.2, -0.15) is 0 Å². The van der Waals surface area contributed by atoms with Crippen LogP contribution in [0, 0.1) is 0 Å². The molecule has 1 atom stereocenters. The fourth-order valence-corrected chi connectivity index (χ4v) is 2.03. The molecular weight excluding hydrogens is 270 g/mol. The first kappa shape index (κ1) is 15.2. The summed E-state index contributed by atoms with van der Waals surface area (Å²) in [6.45, 7) is 2.11. The van der Waals surface area contributed by atoms with Gasteiger partial charge in [0.1, 0.15) is 6.04 Å². The first-order valence-corrected chi connectivity index (χ1v) is 6.84. The van der Waals surface area contributed by atoms with Crippen LogP contribution in [0.3, 0.4) is 0 Å². The molecular formula is C11H17N3O4S. The summed E-state index contributed by atoms with van der Waals surface area (Å²) in [5.41, 5.74) is 0.589. The van der Waals surface area contributed by atoms with E-state index in [4.69, 9.17) is 5.11 Å². The molecule has 0 aliphatic carbocycles. The molecule has 7 nitrogen and oxygen atoms in total. The molecule has 1 unspecified atom stereocenters. The van der Waals surface area contributed by atoms with Crippen molar-refractivity contribution in [1.29, 1.82) is 0 Å². The number of carbonyl (C=O) groups excluding carboxylic acids is 1. The third-order valence-corrected chi connectivity index (χ3v) is 3.18. The van der Waals surface area contributed by atoms with E-state index in [0.717, 1.165) is 24.2 Å². The van der Waals surface area contributed by atoms with Crippen LogP contribution in [0.5, 0.6) is 0 Å². The van der Waals surface area contributed by atoms with Crippen LogP contribution in [0.4, 0.5) is 4.79 Å². The molecule has 19 heavy (non-hydrogen) atoms. The maximum atomic E-state index is 11.5. The molecule has 1 rings (SSSR count). The standard InChI is InChI=1S/C11H17N3O4S/c1-2-3-4-8(9(15)16)14-10(17)12-5-7-6-19-11(18)13-7/h6,8H,2-5H2,1H3,(H,13,18)(H,15,16)(H2,12,14,17). The Bertz CT molecular complexity index is 482. The SMILES string of the molecule is CCCCC(NC(=O)NCc1csc(=O)[nH]1)C(=O)O. The summed E-state index contributed by atoms with van der Waals surface area (Å²) in [6, 6.07) is -1.45. The van der Waals surface area contributed by atoms with Crippen LogP contribution in [0.1, 0.15) is 31.9 Å². The Morgan fingerprint density at radius 2 is 2.26 bits per heavy atom. The number of unbranched alkanes of at least 4 members (excludes halogenated alkanes) is 1. The number of hydrogen-bond donors (Lipinski definition) is 4. The number of hydrogen-bond acceptors (Lipinski definition) is 4. The van der Waals surface area contributed by atoms with Gasteiger partial charge < -0.3 is 20.7 Å². The normalized spacial score (nSPS) is 11.8. The molecule has 8 heteroatoms. The van der Waals surface area contributed by atoms with Gasteiger partial charge in [0.25, 0.3) is 0 Å². The van der Waals surface area contributed by atoms with Crippen molar-refractivity contribution in [3.05, 3.63) is 20.7 Å². The quantitative estimate of drug-likeness (QED) is 0.596. The number of urea groups is 1. The van der Waals surface area contributed by atoms with Crippen molar-refractivity contribution in [1.82, 2.24) is 15.6 Å². The van der Waals surface area contributed by atoms with E-state index in [0.29, 0.717) is 12.1 Å². The van der Waals surface area contributed by atoms with Gasteiger partial charge in [-0.15, -0.1) is 0 Å². The summed E-state index contributed by atoms with van der Waals surface area (Å²) >= 11 is 1.01. The fraction of sp³-hybridized carbons (Fsp3) is 0.545. The monoisotopic (exact) mass is 287 g/mol. The van der Waals surface area contributed by atoms with Gasteiger partial charge in [-0.1, -0.05) is 31.1 Å². The average Bonchev–Trinajstić information content (AvgIpc) is 2.77. The van der Waals surface area contributed by atoms with Crippen molar-refractivity contribution in [3.8, 4) is 0 Å². The number of aliphatic carboxylic acids is 1. The Morgan fingerprint density at radius 1 is 1.53 bits per heavy atom. The molecule has 0 aromatic carbocycles. The highest BCUT2D eigenvalue weighted by Gasteiger charge is 2.18. The van der Waals surface area contributed by atoms with Gasteiger partial charge >= 0.3 is 16.9 Å². The summed E-state index contributed by atoms with van der Waals surface area (Å²) in [5.74, 6) is -1.05. The zero-order chi connectivity index (χ0) is 14.3. The summed E-state index contributed by atoms with van der Waals surface area (Å²) in [7, 11) is 0. The largest absolute Gasteiger partial charge is 0.480 e. The second-order valence-electron chi connectivity index (χ2n) is 4.03. The molecule has 106 valence electrons. The number of amides is 2. The molecule has 0 spiro atoms. The molecule has 0 aliphatic heterocycles. The molecule has 0 fully saturated rings. The van der Waals surface area contributed by atoms with E-state index in [1.54, 1.807) is 5.38 Å². The number of aromatic amines is 1. The van der Waals surface area contributed by atoms with Crippen molar-refractivity contribution >= 4 is 23.3 Å². The van der Waals surface area contributed by atoms with Gasteiger partial charge in [-0.3, -0.25) is 4.79 Å². The van der Waals surface area contributed by atoms with E-state index < -0.39 is 18.0 Å². The number of carboxylic acid groups (broad SMARTS) is 1. The minimum Gasteiger partial charge on any atom is -0.480 e. The molecule has 0 radical (unpaired) electrons. The number of carboxylic acids is 1. The summed E-state index contributed by atoms with van der Waals surface area (Å²) in [6.07, 6.45) is 1.99. The second kappa shape index (κ2) is 7.57. The number of carbonyl (C=O) groups is 2. The molecule has 2 amide bonds. The zero-order valence-corrected chi connectivity index (χ0v) is 11.4. The molecule has 0 saturated heterocycles. The van der Waals surface area contributed by atoms with E-state index in [1.165, 1.54) is 0 Å². The van der Waals surface area contributed by atoms with Gasteiger partial charge in [0.2, 0.25) is 0 Å². The number of nitrogens with one attached hydrogen (secondary N) is 3. The lowest BCUT2D eigenvalue weighted by atomic mass is 10.1. The maximum Gasteiger partial charge on any atom is 0.326 e. The summed E-state index contributed by atoms with van der Waals surface area (Å²) in [4.78, 5) is 35.7. The molecule has 4 N–H and O–H groups in total. The van der Waals surface area contributed by atoms with Gasteiger partial charge in [0, 0.05) is 11.1 Å². The van der Waals surface area contributed by atoms with Crippen LogP contribution in [0.2, 0.25) is 0 Å². The highest BCUT2D eigenvalue weighted by molar-refractivity contribution is 7.07. The van der Waals surface area contributed by atoms with Gasteiger partial charge in [0.15, 0.2) is 0 Å². The fourth-order valence-electron chi connectivity index (χ4n) is 1.45. The average molecular weight is 287 g/mol. The topological polar surface area (TPSA) is 111 Å². The van der Waals surface area contributed by atoms with Gasteiger partial charge in [0.05, 0.1) is 6.54 Å². The molecule has 0 saturated carbocycles. The first-order chi connectivity index (χ1) is 9.02. The van der Waals surface area contributed by atoms with Crippen LogP contribution >= 0.6 is 11.3 Å². The number of thiazole rings is 1. The highest BCUT2D eigenvalue weighted by Crippen LogP contribution is 2.01. The third kappa shape index (κ3) is 5.56. The zero-order valence-electron chi connectivity index (χ0n) is 10.6. The van der Waals surface area contributed by atoms with Crippen LogP contribution < -0.4 is 15.5 Å². The van der Waals surface area contributed by atoms with E-state index in [-0.39, 0.29) is 11.4 Å². The predicted molar refractivity (Wildman–Crippen MR) is 71.3 cm³/mol. The smallest absolute Gasteiger partial charge is 0.326 e. The summed E-state index contributed by atoms with van der Waals surface area (Å²) in [5, 5.41) is 15.4. The number of aromatic nitrogens is 1. The van der Waals surface area contributed by atoms with Crippen molar-refractivity contribution in [3.63, 3.8) is 0 Å². The Morgan fingerprint density at radius 3 is 2.79 bits per heavy atom. The molecule has 1 aromatic rings. The predicted octanol–water partition coefficient (Wildman–Crippen LogP) is 0.879. The molecule has 1 aromatic heterocycles. The van der Waals surface area contributed by atoms with Crippen molar-refractivity contribution in [2.45, 2.75) is 38.8 Å². The third-order valence-electron chi connectivity index (χ3n) is 2.46. The lowest BCUT2D eigenvalue weighted by molar-refractivity contribution is -0.139. The van der Waals surface area contributed by atoms with Crippen LogP contribution in [0.15, 0.2) is 10.2 Å². The summed E-state index contributed by atoms with van der Waals surface area (Å²) < 4.78 is 0. The van der Waals surface area contributed by atoms with E-state index in [1.807, 2.05) is 6.92 Å². The lowest BCUT2D eigenvalue weighted by Gasteiger charge is -2.14. The highest BCUT2D eigenvalue weighted by atomic mass is 32.1.